The Morgan fingerprint density at radius 2 is 0.672 bits per heavy atom. The van der Waals surface area contributed by atoms with Crippen molar-refractivity contribution in [3.05, 3.63) is 108 Å². The normalized spacial score (nSPS) is 20.6. The van der Waals surface area contributed by atoms with Crippen LogP contribution < -0.4 is 0 Å². The molecule has 4 saturated heterocycles. The van der Waals surface area contributed by atoms with Crippen LogP contribution in [0.15, 0.2) is 91.0 Å². The molecule has 0 amide bonds. The number of carbonyl (C=O) groups excluding carboxylic acids is 7. The fourth-order valence-electron chi connectivity index (χ4n) is 6.84. The summed E-state index contributed by atoms with van der Waals surface area (Å²) in [5.41, 5.74) is 2.86. The number of ketones is 4. The Bertz CT molecular complexity index is 1800. The van der Waals surface area contributed by atoms with Gasteiger partial charge in [-0.2, -0.15) is 0 Å². The highest BCUT2D eigenvalue weighted by Crippen LogP contribution is 2.17. The summed E-state index contributed by atoms with van der Waals surface area (Å²) < 4.78 is 15.6. The molecule has 7 rings (SSSR count). The number of ether oxygens (including phenoxy) is 3. The van der Waals surface area contributed by atoms with Crippen LogP contribution in [0.5, 0.6) is 0 Å². The third-order valence-electron chi connectivity index (χ3n) is 10.3. The van der Waals surface area contributed by atoms with Crippen LogP contribution >= 0.6 is 0 Å². The fourth-order valence-corrected chi connectivity index (χ4v) is 6.84. The van der Waals surface area contributed by atoms with Crippen molar-refractivity contribution in [2.75, 3.05) is 54.4 Å². The second-order valence-corrected chi connectivity index (χ2v) is 15.3. The summed E-state index contributed by atoms with van der Waals surface area (Å²) in [4.78, 5) is 96.6. The third kappa shape index (κ3) is 18.0. The molecule has 0 saturated carbocycles. The van der Waals surface area contributed by atoms with E-state index in [0.717, 1.165) is 16.7 Å². The lowest BCUT2D eigenvalue weighted by atomic mass is 10.2. The van der Waals surface area contributed by atoms with E-state index in [9.17, 15) is 38.4 Å². The Labute approximate surface area is 378 Å². The molecule has 4 fully saturated rings. The molecule has 0 spiro atoms. The van der Waals surface area contributed by atoms with Gasteiger partial charge in [0.05, 0.1) is 26.2 Å². The fraction of sp³-hybridized carbons (Fsp3) is 0.458. The lowest BCUT2D eigenvalue weighted by molar-refractivity contribution is -0.150. The zero-order chi connectivity index (χ0) is 44.5. The number of Topliss-reactive ketones (excluding diaryl/α,β-unsaturated/α-hetero) is 4. The van der Waals surface area contributed by atoms with Crippen LogP contribution in [-0.2, 0) is 72.4 Å². The Kier molecular flexibility index (Phi) is 24.5. The molecular formula is C48H68N4O12. The van der Waals surface area contributed by atoms with Gasteiger partial charge in [0, 0.05) is 27.1 Å². The van der Waals surface area contributed by atoms with Crippen molar-refractivity contribution in [3.8, 4) is 0 Å². The van der Waals surface area contributed by atoms with Crippen molar-refractivity contribution < 1.29 is 59.1 Å². The molecule has 0 bridgehead atoms. The maximum Gasteiger partial charge on any atom is 0.324 e. The lowest BCUT2D eigenvalue weighted by Gasteiger charge is -2.16. The molecule has 4 aliphatic heterocycles. The van der Waals surface area contributed by atoms with Gasteiger partial charge < -0.3 is 19.3 Å². The standard InChI is InChI=1S/3C13H15NO3.C6H9NO3.3CH4.H2/c3*1-14-8-11(15)7-12(14)13(16)17-9-10-5-3-2-4-6-10;1-7-3-4(8)2-5(7)6(9)10;;;;/h3*2-6,12H,7-9H2,1H3;5H,2-3H2,1H3,(H,9,10);3*1H4;1H. The largest absolute Gasteiger partial charge is 0.480 e. The van der Waals surface area contributed by atoms with E-state index in [-0.39, 0.29) is 117 Å². The molecule has 4 atom stereocenters. The molecule has 0 radical (unpaired) electrons. The maximum atomic E-state index is 11.8. The van der Waals surface area contributed by atoms with Gasteiger partial charge in [0.25, 0.3) is 0 Å². The molecule has 4 heterocycles. The number of carbonyl (C=O) groups is 8. The van der Waals surface area contributed by atoms with Gasteiger partial charge in [-0.15, -0.1) is 0 Å². The molecule has 0 aromatic heterocycles. The van der Waals surface area contributed by atoms with Crippen molar-refractivity contribution in [2.45, 2.75) is 92.0 Å². The first kappa shape index (κ1) is 56.1. The maximum absolute atomic E-state index is 11.8. The first-order valence-corrected chi connectivity index (χ1v) is 19.8. The summed E-state index contributed by atoms with van der Waals surface area (Å²) in [7, 11) is 6.93. The number of carboxylic acid groups (broad SMARTS) is 1. The lowest BCUT2D eigenvalue weighted by Crippen LogP contribution is -2.34. The van der Waals surface area contributed by atoms with Crippen molar-refractivity contribution in [1.82, 2.24) is 19.6 Å². The minimum absolute atomic E-state index is 0. The molecule has 4 aliphatic rings. The number of carboxylic acids is 1. The van der Waals surface area contributed by atoms with Crippen LogP contribution in [0.3, 0.4) is 0 Å². The minimum Gasteiger partial charge on any atom is -0.480 e. The summed E-state index contributed by atoms with van der Waals surface area (Å²) in [6.45, 7) is 2.08. The zero-order valence-electron chi connectivity index (χ0n) is 35.0. The topological polar surface area (TPSA) is 197 Å². The van der Waals surface area contributed by atoms with Gasteiger partial charge in [0.1, 0.15) is 67.1 Å². The predicted molar refractivity (Wildman–Crippen MR) is 243 cm³/mol. The summed E-state index contributed by atoms with van der Waals surface area (Å²) in [6, 6.07) is 26.7. The van der Waals surface area contributed by atoms with Gasteiger partial charge in [-0.1, -0.05) is 113 Å². The van der Waals surface area contributed by atoms with E-state index in [4.69, 9.17) is 19.3 Å². The number of benzene rings is 3. The molecule has 64 heavy (non-hydrogen) atoms. The second-order valence-electron chi connectivity index (χ2n) is 15.3. The van der Waals surface area contributed by atoms with Crippen LogP contribution in [0.4, 0.5) is 0 Å². The number of hydrogen-bond donors (Lipinski definition) is 1. The van der Waals surface area contributed by atoms with Crippen LogP contribution in [0.25, 0.3) is 0 Å². The summed E-state index contributed by atoms with van der Waals surface area (Å²) >= 11 is 0. The van der Waals surface area contributed by atoms with Gasteiger partial charge in [-0.3, -0.25) is 58.0 Å². The number of rotatable bonds is 10. The van der Waals surface area contributed by atoms with Crippen molar-refractivity contribution in [3.63, 3.8) is 0 Å². The highest BCUT2D eigenvalue weighted by atomic mass is 16.5. The number of nitrogens with zero attached hydrogens (tertiary/aromatic N) is 4. The number of esters is 3. The average Bonchev–Trinajstić information content (AvgIpc) is 3.99. The average molecular weight is 893 g/mol. The number of hydrogen-bond acceptors (Lipinski definition) is 15. The van der Waals surface area contributed by atoms with Gasteiger partial charge >= 0.3 is 23.9 Å². The zero-order valence-corrected chi connectivity index (χ0v) is 35.0. The van der Waals surface area contributed by atoms with Crippen LogP contribution in [0.2, 0.25) is 0 Å². The van der Waals surface area contributed by atoms with E-state index >= 15 is 0 Å². The Balaban J connectivity index is 0.000000836. The van der Waals surface area contributed by atoms with Gasteiger partial charge in [-0.05, 0) is 44.9 Å². The van der Waals surface area contributed by atoms with E-state index in [0.29, 0.717) is 19.6 Å². The van der Waals surface area contributed by atoms with E-state index in [1.54, 1.807) is 47.8 Å². The Morgan fingerprint density at radius 3 is 0.844 bits per heavy atom. The van der Waals surface area contributed by atoms with Crippen molar-refractivity contribution in [2.24, 2.45) is 0 Å². The highest BCUT2D eigenvalue weighted by molar-refractivity contribution is 5.93. The van der Waals surface area contributed by atoms with Crippen molar-refractivity contribution >= 4 is 47.0 Å². The first-order chi connectivity index (χ1) is 29.1. The minimum atomic E-state index is -0.909. The predicted octanol–water partition coefficient (Wildman–Crippen LogP) is 4.51. The summed E-state index contributed by atoms with van der Waals surface area (Å²) in [5.74, 6) is -1.58. The Morgan fingerprint density at radius 1 is 0.453 bits per heavy atom. The Hall–Kier alpha value is -5.94. The summed E-state index contributed by atoms with van der Waals surface area (Å²) in [6.07, 6.45) is 0.963. The van der Waals surface area contributed by atoms with E-state index < -0.39 is 30.1 Å². The molecule has 3 aromatic rings. The van der Waals surface area contributed by atoms with E-state index in [1.807, 2.05) is 91.0 Å². The molecule has 0 aliphatic carbocycles. The molecule has 16 nitrogen and oxygen atoms in total. The molecule has 352 valence electrons. The first-order valence-electron chi connectivity index (χ1n) is 19.8. The molecule has 4 unspecified atom stereocenters. The summed E-state index contributed by atoms with van der Waals surface area (Å²) in [5, 5.41) is 8.51. The van der Waals surface area contributed by atoms with E-state index in [2.05, 4.69) is 0 Å². The van der Waals surface area contributed by atoms with Crippen LogP contribution in [0, 0.1) is 0 Å². The van der Waals surface area contributed by atoms with Crippen LogP contribution in [0.1, 0.15) is 66.1 Å². The number of aliphatic carboxylic acids is 1. The molecular weight excluding hydrogens is 825 g/mol. The van der Waals surface area contributed by atoms with Gasteiger partial charge in [0.15, 0.2) is 0 Å². The monoisotopic (exact) mass is 892 g/mol. The van der Waals surface area contributed by atoms with Gasteiger partial charge in [-0.25, -0.2) is 0 Å². The second kappa shape index (κ2) is 28.0. The molecule has 1 N–H and O–H groups in total. The quantitative estimate of drug-likeness (QED) is 0.220. The third-order valence-corrected chi connectivity index (χ3v) is 10.3. The number of likely N-dealkylation sites (tertiary alicyclic amines) is 4. The smallest absolute Gasteiger partial charge is 0.324 e. The highest BCUT2D eigenvalue weighted by Gasteiger charge is 2.36. The number of likely N-dealkylation sites (N-methyl/N-ethyl adjacent to an activating group) is 4. The van der Waals surface area contributed by atoms with Crippen LogP contribution in [-0.4, -0.2) is 150 Å². The molecule has 3 aromatic carbocycles. The molecule has 16 heteroatoms. The van der Waals surface area contributed by atoms with E-state index in [1.165, 1.54) is 0 Å². The van der Waals surface area contributed by atoms with Gasteiger partial charge in [0.2, 0.25) is 0 Å². The van der Waals surface area contributed by atoms with Crippen molar-refractivity contribution in [1.29, 1.82) is 0 Å². The SMILES string of the molecule is C.C.C.CN1CC(=O)CC1C(=O)O.CN1CC(=O)CC1C(=O)OCc1ccccc1.CN1CC(=O)CC1C(=O)OCc1ccccc1.CN1CC(=O)CC1C(=O)OCc1ccccc1.[HH].